The first-order valence-corrected chi connectivity index (χ1v) is 11.1. The molecule has 2 aliphatic rings. The fourth-order valence-corrected chi connectivity index (χ4v) is 4.99. The Bertz CT molecular complexity index is 1210. The molecule has 190 valence electrons. The molecule has 1 spiro atoms. The van der Waals surface area contributed by atoms with Gasteiger partial charge in [0.15, 0.2) is 11.4 Å². The Labute approximate surface area is 207 Å². The van der Waals surface area contributed by atoms with Crippen molar-refractivity contribution in [3.05, 3.63) is 63.1 Å². The van der Waals surface area contributed by atoms with E-state index in [1.165, 1.54) is 12.3 Å². The van der Waals surface area contributed by atoms with Crippen LogP contribution in [-0.2, 0) is 16.8 Å². The summed E-state index contributed by atoms with van der Waals surface area (Å²) in [7, 11) is 1.61. The number of hydrogen-bond donors (Lipinski definition) is 2. The highest BCUT2D eigenvalue weighted by molar-refractivity contribution is 5.99. The van der Waals surface area contributed by atoms with Gasteiger partial charge in [-0.25, -0.2) is 8.78 Å². The maximum atomic E-state index is 13.9. The maximum absolute atomic E-state index is 13.9. The number of ether oxygens (including phenoxy) is 1. The minimum absolute atomic E-state index is 0. The predicted molar refractivity (Wildman–Crippen MR) is 126 cm³/mol. The molecule has 1 saturated carbocycles. The van der Waals surface area contributed by atoms with Gasteiger partial charge in [0, 0.05) is 50.7 Å². The predicted octanol–water partition coefficient (Wildman–Crippen LogP) is 2.80. The van der Waals surface area contributed by atoms with Crippen molar-refractivity contribution < 1.29 is 28.2 Å². The quantitative estimate of drug-likeness (QED) is 0.621. The van der Waals surface area contributed by atoms with Gasteiger partial charge < -0.3 is 24.6 Å². The summed E-state index contributed by atoms with van der Waals surface area (Å²) < 4.78 is 33.9. The van der Waals surface area contributed by atoms with Crippen molar-refractivity contribution in [3.63, 3.8) is 0 Å². The molecule has 1 fully saturated rings. The van der Waals surface area contributed by atoms with Crippen LogP contribution < -0.4 is 10.7 Å². The number of nitrogens with zero attached hydrogens (tertiary/aromatic N) is 2. The minimum atomic E-state index is -0.981. The SMILES string of the molecule is COCC1CC2(C1)CN(C(C)C)C(=O)c1c(O)c(=O)c(C(=O)NCc3ccc(F)cc3F)cn12.Cl. The number of benzene rings is 1. The number of aromatic nitrogens is 1. The van der Waals surface area contributed by atoms with Crippen LogP contribution in [0.2, 0.25) is 0 Å². The van der Waals surface area contributed by atoms with E-state index in [9.17, 15) is 28.3 Å². The first kappa shape index (κ1) is 26.6. The molecule has 2 heterocycles. The molecule has 0 unspecified atom stereocenters. The molecule has 0 atom stereocenters. The van der Waals surface area contributed by atoms with Crippen LogP contribution in [0.5, 0.6) is 5.75 Å². The first-order chi connectivity index (χ1) is 16.1. The number of halogens is 3. The third-order valence-electron chi connectivity index (χ3n) is 6.68. The van der Waals surface area contributed by atoms with E-state index < -0.39 is 40.2 Å². The molecule has 35 heavy (non-hydrogen) atoms. The van der Waals surface area contributed by atoms with Crippen LogP contribution in [0.3, 0.4) is 0 Å². The zero-order chi connectivity index (χ0) is 24.8. The second-order valence-corrected chi connectivity index (χ2v) is 9.34. The summed E-state index contributed by atoms with van der Waals surface area (Å²) in [5.74, 6) is -3.44. The van der Waals surface area contributed by atoms with E-state index in [-0.39, 0.29) is 47.7 Å². The maximum Gasteiger partial charge on any atom is 0.274 e. The lowest BCUT2D eigenvalue weighted by Gasteiger charge is -2.55. The number of fused-ring (bicyclic) bond motifs is 2. The lowest BCUT2D eigenvalue weighted by molar-refractivity contribution is -0.0284. The summed E-state index contributed by atoms with van der Waals surface area (Å²) in [5, 5.41) is 13.2. The molecule has 0 bridgehead atoms. The Kier molecular flexibility index (Phi) is 7.56. The highest BCUT2D eigenvalue weighted by Gasteiger charge is 2.52. The van der Waals surface area contributed by atoms with Gasteiger partial charge in [-0.2, -0.15) is 0 Å². The average molecular weight is 512 g/mol. The summed E-state index contributed by atoms with van der Waals surface area (Å²) in [6.07, 6.45) is 2.61. The van der Waals surface area contributed by atoms with Crippen molar-refractivity contribution in [1.82, 2.24) is 14.8 Å². The van der Waals surface area contributed by atoms with Crippen molar-refractivity contribution in [2.75, 3.05) is 20.3 Å². The van der Waals surface area contributed by atoms with E-state index in [4.69, 9.17) is 4.74 Å². The lowest BCUT2D eigenvalue weighted by Crippen LogP contribution is -2.62. The Morgan fingerprint density at radius 3 is 2.57 bits per heavy atom. The third kappa shape index (κ3) is 4.64. The largest absolute Gasteiger partial charge is 0.503 e. The van der Waals surface area contributed by atoms with Gasteiger partial charge in [-0.15, -0.1) is 12.4 Å². The zero-order valence-electron chi connectivity index (χ0n) is 19.6. The number of carbonyl (C=O) groups excluding carboxylic acids is 2. The summed E-state index contributed by atoms with van der Waals surface area (Å²) in [5.41, 5.74) is -2.02. The Hall–Kier alpha value is -2.98. The average Bonchev–Trinajstić information content (AvgIpc) is 2.75. The second-order valence-electron chi connectivity index (χ2n) is 9.34. The molecule has 1 aliphatic heterocycles. The van der Waals surface area contributed by atoms with Gasteiger partial charge in [-0.1, -0.05) is 6.07 Å². The number of amides is 2. The molecule has 2 aromatic rings. The molecule has 1 aromatic carbocycles. The molecule has 2 N–H and O–H groups in total. The van der Waals surface area contributed by atoms with Crippen LogP contribution in [0.15, 0.2) is 29.2 Å². The first-order valence-electron chi connectivity index (χ1n) is 11.1. The smallest absolute Gasteiger partial charge is 0.274 e. The molecule has 0 radical (unpaired) electrons. The summed E-state index contributed by atoms with van der Waals surface area (Å²) in [4.78, 5) is 40.5. The van der Waals surface area contributed by atoms with Gasteiger partial charge in [0.25, 0.3) is 11.8 Å². The van der Waals surface area contributed by atoms with E-state index in [0.717, 1.165) is 6.07 Å². The second kappa shape index (κ2) is 9.94. The number of aromatic hydroxyl groups is 1. The van der Waals surface area contributed by atoms with Crippen molar-refractivity contribution in [2.24, 2.45) is 5.92 Å². The van der Waals surface area contributed by atoms with Crippen LogP contribution >= 0.6 is 12.4 Å². The minimum Gasteiger partial charge on any atom is -0.503 e. The number of pyridine rings is 1. The van der Waals surface area contributed by atoms with Crippen molar-refractivity contribution >= 4 is 24.2 Å². The lowest BCUT2D eigenvalue weighted by atomic mass is 9.66. The molecule has 1 aliphatic carbocycles. The van der Waals surface area contributed by atoms with Crippen LogP contribution in [0.25, 0.3) is 0 Å². The summed E-state index contributed by atoms with van der Waals surface area (Å²) in [6.45, 7) is 4.35. The number of carbonyl (C=O) groups is 2. The summed E-state index contributed by atoms with van der Waals surface area (Å²) in [6, 6.07) is 2.81. The fourth-order valence-electron chi connectivity index (χ4n) is 4.99. The molecule has 1 aromatic heterocycles. The normalized spacial score (nSPS) is 20.9. The number of rotatable bonds is 6. The Morgan fingerprint density at radius 1 is 1.29 bits per heavy atom. The van der Waals surface area contributed by atoms with E-state index in [0.29, 0.717) is 32.1 Å². The molecular formula is C24H28ClF2N3O5. The van der Waals surface area contributed by atoms with E-state index in [2.05, 4.69) is 5.32 Å². The van der Waals surface area contributed by atoms with Crippen LogP contribution in [0, 0.1) is 17.6 Å². The monoisotopic (exact) mass is 511 g/mol. The van der Waals surface area contributed by atoms with Gasteiger partial charge in [-0.05, 0) is 38.7 Å². The van der Waals surface area contributed by atoms with E-state index in [1.807, 2.05) is 13.8 Å². The van der Waals surface area contributed by atoms with Crippen molar-refractivity contribution in [3.8, 4) is 5.75 Å². The number of nitrogens with one attached hydrogen (secondary N) is 1. The van der Waals surface area contributed by atoms with Crippen LogP contribution in [0.1, 0.15) is 53.1 Å². The van der Waals surface area contributed by atoms with Gasteiger partial charge in [0.05, 0.1) is 5.54 Å². The van der Waals surface area contributed by atoms with Gasteiger partial charge in [-0.3, -0.25) is 14.4 Å². The third-order valence-corrected chi connectivity index (χ3v) is 6.68. The molecule has 8 nitrogen and oxygen atoms in total. The molecular weight excluding hydrogens is 484 g/mol. The Morgan fingerprint density at radius 2 is 1.97 bits per heavy atom. The standard InChI is InChI=1S/C24H27F2N3O5.ClH/c1-13(2)28-12-24(7-14(8-24)11-34-3)29-10-17(20(30)21(31)19(29)23(28)33)22(32)27-9-15-4-5-16(25)6-18(15)26;/h4-6,10,13-14,31H,7-9,11-12H2,1-3H3,(H,27,32);1H. The van der Waals surface area contributed by atoms with Crippen molar-refractivity contribution in [2.45, 2.75) is 44.8 Å². The number of hydrogen-bond acceptors (Lipinski definition) is 5. The highest BCUT2D eigenvalue weighted by Crippen LogP contribution is 2.48. The summed E-state index contributed by atoms with van der Waals surface area (Å²) >= 11 is 0. The van der Waals surface area contributed by atoms with E-state index >= 15 is 0 Å². The topological polar surface area (TPSA) is 101 Å². The van der Waals surface area contributed by atoms with Crippen LogP contribution in [0.4, 0.5) is 8.78 Å². The zero-order valence-corrected chi connectivity index (χ0v) is 20.5. The van der Waals surface area contributed by atoms with Gasteiger partial charge in [0.2, 0.25) is 5.43 Å². The van der Waals surface area contributed by atoms with Crippen molar-refractivity contribution in [1.29, 1.82) is 0 Å². The van der Waals surface area contributed by atoms with Gasteiger partial charge in [0.1, 0.15) is 17.2 Å². The molecule has 4 rings (SSSR count). The molecule has 0 saturated heterocycles. The van der Waals surface area contributed by atoms with Gasteiger partial charge >= 0.3 is 0 Å². The van der Waals surface area contributed by atoms with Crippen LogP contribution in [-0.4, -0.2) is 52.7 Å². The fraction of sp³-hybridized carbons (Fsp3) is 0.458. The Balaban J connectivity index is 0.00000342. The molecule has 11 heteroatoms. The van der Waals surface area contributed by atoms with E-state index in [1.54, 1.807) is 16.6 Å². The molecule has 2 amide bonds. The highest BCUT2D eigenvalue weighted by atomic mass is 35.5. The number of methoxy groups -OCH3 is 1.